The Balaban J connectivity index is 2.06. The summed E-state index contributed by atoms with van der Waals surface area (Å²) in [6.07, 6.45) is 0. The van der Waals surface area contributed by atoms with Gasteiger partial charge in [-0.15, -0.1) is 0 Å². The Labute approximate surface area is 166 Å². The first kappa shape index (κ1) is 18.4. The van der Waals surface area contributed by atoms with Crippen molar-refractivity contribution in [3.63, 3.8) is 0 Å². The van der Waals surface area contributed by atoms with Crippen molar-refractivity contribution in [3.05, 3.63) is 70.3 Å². The van der Waals surface area contributed by atoms with Crippen molar-refractivity contribution in [3.8, 4) is 22.8 Å². The van der Waals surface area contributed by atoms with Crippen molar-refractivity contribution >= 4 is 17.1 Å². The summed E-state index contributed by atoms with van der Waals surface area (Å²) in [7, 11) is 0. The van der Waals surface area contributed by atoms with Crippen LogP contribution in [0.1, 0.15) is 23.0 Å². The van der Waals surface area contributed by atoms with E-state index in [0.717, 1.165) is 5.56 Å². The number of imidazole rings is 1. The number of primary amides is 1. The third-order valence-electron chi connectivity index (χ3n) is 4.45. The Bertz CT molecular complexity index is 1290. The molecule has 0 fully saturated rings. The standard InChI is InChI=1S/C21H19N5O3/c1-3-29-15-10-5-4-9-14(15)26-20-17(24-21(26)28)16(18(22)27)23-19(25-20)13-8-6-7-12(2)11-13/h4-11H,3H2,1-2H3,(H2,22,27)(H,24,28). The van der Waals surface area contributed by atoms with E-state index >= 15 is 0 Å². The van der Waals surface area contributed by atoms with Crippen LogP contribution in [-0.4, -0.2) is 32.0 Å². The Morgan fingerprint density at radius 3 is 2.69 bits per heavy atom. The Morgan fingerprint density at radius 2 is 1.97 bits per heavy atom. The van der Waals surface area contributed by atoms with Crippen LogP contribution in [0.15, 0.2) is 53.3 Å². The van der Waals surface area contributed by atoms with Crippen LogP contribution < -0.4 is 16.2 Å². The summed E-state index contributed by atoms with van der Waals surface area (Å²) in [5.74, 6) is 0.0729. The summed E-state index contributed by atoms with van der Waals surface area (Å²) >= 11 is 0. The maximum absolute atomic E-state index is 12.8. The average molecular weight is 389 g/mol. The van der Waals surface area contributed by atoms with Gasteiger partial charge in [-0.3, -0.25) is 4.79 Å². The van der Waals surface area contributed by atoms with Crippen LogP contribution in [0.5, 0.6) is 5.75 Å². The van der Waals surface area contributed by atoms with Crippen LogP contribution in [0.25, 0.3) is 28.2 Å². The number of aromatic amines is 1. The Morgan fingerprint density at radius 1 is 1.17 bits per heavy atom. The van der Waals surface area contributed by atoms with Crippen LogP contribution in [0, 0.1) is 6.92 Å². The van der Waals surface area contributed by atoms with Crippen molar-refractivity contribution in [2.45, 2.75) is 13.8 Å². The SMILES string of the molecule is CCOc1ccccc1-n1c(=O)[nH]c2c(C(N)=O)nc(-c3cccc(C)c3)nc21. The van der Waals surface area contributed by atoms with Gasteiger partial charge in [0.2, 0.25) is 0 Å². The van der Waals surface area contributed by atoms with E-state index in [9.17, 15) is 9.59 Å². The van der Waals surface area contributed by atoms with Gasteiger partial charge in [0, 0.05) is 5.56 Å². The molecular weight excluding hydrogens is 370 g/mol. The van der Waals surface area contributed by atoms with Crippen LogP contribution in [0.3, 0.4) is 0 Å². The minimum Gasteiger partial charge on any atom is -0.492 e. The minimum atomic E-state index is -0.752. The summed E-state index contributed by atoms with van der Waals surface area (Å²) in [6.45, 7) is 4.24. The molecule has 0 atom stereocenters. The number of H-pyrrole nitrogens is 1. The molecule has 4 rings (SSSR count). The molecule has 2 aromatic heterocycles. The van der Waals surface area contributed by atoms with Gasteiger partial charge in [0.05, 0.1) is 12.3 Å². The van der Waals surface area contributed by atoms with Gasteiger partial charge in [0.15, 0.2) is 17.2 Å². The predicted molar refractivity (Wildman–Crippen MR) is 109 cm³/mol. The lowest BCUT2D eigenvalue weighted by atomic mass is 10.1. The lowest BCUT2D eigenvalue weighted by molar-refractivity contribution is 0.0997. The van der Waals surface area contributed by atoms with Gasteiger partial charge in [0.25, 0.3) is 5.91 Å². The molecule has 0 radical (unpaired) electrons. The molecule has 146 valence electrons. The number of benzene rings is 2. The van der Waals surface area contributed by atoms with Gasteiger partial charge < -0.3 is 15.5 Å². The summed E-state index contributed by atoms with van der Waals surface area (Å²) in [6, 6.07) is 14.7. The molecule has 2 aromatic carbocycles. The molecule has 0 saturated heterocycles. The molecule has 0 spiro atoms. The monoisotopic (exact) mass is 389 g/mol. The fourth-order valence-corrected chi connectivity index (χ4v) is 3.22. The van der Waals surface area contributed by atoms with Gasteiger partial charge in [0.1, 0.15) is 11.3 Å². The van der Waals surface area contributed by atoms with Gasteiger partial charge in [-0.05, 0) is 32.0 Å². The molecule has 2 heterocycles. The summed E-state index contributed by atoms with van der Waals surface area (Å²) in [5, 5.41) is 0. The van der Waals surface area contributed by atoms with E-state index in [1.807, 2.05) is 44.2 Å². The van der Waals surface area contributed by atoms with Crippen LogP contribution in [0.2, 0.25) is 0 Å². The minimum absolute atomic E-state index is 0.0451. The molecular formula is C21H19N5O3. The topological polar surface area (TPSA) is 116 Å². The van der Waals surface area contributed by atoms with E-state index in [4.69, 9.17) is 10.5 Å². The van der Waals surface area contributed by atoms with Crippen molar-refractivity contribution in [2.24, 2.45) is 5.73 Å². The lowest BCUT2D eigenvalue weighted by Gasteiger charge is -2.11. The van der Waals surface area contributed by atoms with Crippen LogP contribution in [0.4, 0.5) is 0 Å². The number of nitrogens with zero attached hydrogens (tertiary/aromatic N) is 3. The average Bonchev–Trinajstić information content (AvgIpc) is 3.03. The highest BCUT2D eigenvalue weighted by Gasteiger charge is 2.21. The zero-order chi connectivity index (χ0) is 20.5. The number of hydrogen-bond donors (Lipinski definition) is 2. The summed E-state index contributed by atoms with van der Waals surface area (Å²) < 4.78 is 7.03. The first-order valence-electron chi connectivity index (χ1n) is 9.11. The number of nitrogens with two attached hydrogens (primary N) is 1. The van der Waals surface area contributed by atoms with E-state index in [-0.39, 0.29) is 16.9 Å². The van der Waals surface area contributed by atoms with E-state index in [2.05, 4.69) is 15.0 Å². The number of fused-ring (bicyclic) bond motifs is 1. The van der Waals surface area contributed by atoms with Crippen molar-refractivity contribution in [1.82, 2.24) is 19.5 Å². The van der Waals surface area contributed by atoms with Crippen molar-refractivity contribution in [2.75, 3.05) is 6.61 Å². The van der Waals surface area contributed by atoms with Gasteiger partial charge in [-0.2, -0.15) is 0 Å². The molecule has 8 heteroatoms. The van der Waals surface area contributed by atoms with E-state index in [1.165, 1.54) is 4.57 Å². The van der Waals surface area contributed by atoms with Crippen LogP contribution >= 0.6 is 0 Å². The number of amides is 1. The highest BCUT2D eigenvalue weighted by Crippen LogP contribution is 2.26. The van der Waals surface area contributed by atoms with Gasteiger partial charge in [-0.25, -0.2) is 19.3 Å². The second-order valence-electron chi connectivity index (χ2n) is 6.49. The smallest absolute Gasteiger partial charge is 0.332 e. The third kappa shape index (κ3) is 3.25. The molecule has 4 aromatic rings. The number of aryl methyl sites for hydroxylation is 1. The summed E-state index contributed by atoms with van der Waals surface area (Å²) in [4.78, 5) is 36.4. The highest BCUT2D eigenvalue weighted by molar-refractivity contribution is 6.02. The molecule has 1 amide bonds. The van der Waals surface area contributed by atoms with E-state index in [0.29, 0.717) is 29.4 Å². The molecule has 0 unspecified atom stereocenters. The molecule has 0 aliphatic rings. The zero-order valence-corrected chi connectivity index (χ0v) is 16.0. The van der Waals surface area contributed by atoms with Gasteiger partial charge in [-0.1, -0.05) is 35.9 Å². The third-order valence-corrected chi connectivity index (χ3v) is 4.45. The predicted octanol–water partition coefficient (Wildman–Crippen LogP) is 2.58. The highest BCUT2D eigenvalue weighted by atomic mass is 16.5. The summed E-state index contributed by atoms with van der Waals surface area (Å²) in [5.41, 5.74) is 7.71. The molecule has 0 saturated carbocycles. The first-order valence-corrected chi connectivity index (χ1v) is 9.11. The van der Waals surface area contributed by atoms with Crippen LogP contribution in [-0.2, 0) is 0 Å². The normalized spacial score (nSPS) is 11.0. The molecule has 0 aliphatic carbocycles. The number of rotatable bonds is 5. The second kappa shape index (κ2) is 7.23. The van der Waals surface area contributed by atoms with Crippen molar-refractivity contribution in [1.29, 1.82) is 0 Å². The van der Waals surface area contributed by atoms with Gasteiger partial charge >= 0.3 is 5.69 Å². The fourth-order valence-electron chi connectivity index (χ4n) is 3.22. The number of aromatic nitrogens is 4. The second-order valence-corrected chi connectivity index (χ2v) is 6.49. The number of carbonyl (C=O) groups is 1. The Kier molecular flexibility index (Phi) is 4.59. The number of hydrogen-bond acceptors (Lipinski definition) is 5. The lowest BCUT2D eigenvalue weighted by Crippen LogP contribution is -2.16. The first-order chi connectivity index (χ1) is 14.0. The molecule has 3 N–H and O–H groups in total. The molecule has 0 aliphatic heterocycles. The van der Waals surface area contributed by atoms with E-state index < -0.39 is 11.6 Å². The quantitative estimate of drug-likeness (QED) is 0.544. The zero-order valence-electron chi connectivity index (χ0n) is 16.0. The molecule has 29 heavy (non-hydrogen) atoms. The number of carbonyl (C=O) groups excluding carboxylic acids is 1. The largest absolute Gasteiger partial charge is 0.492 e. The number of ether oxygens (including phenoxy) is 1. The number of nitrogens with one attached hydrogen (secondary N) is 1. The molecule has 0 bridgehead atoms. The Hall–Kier alpha value is -3.94. The molecule has 8 nitrogen and oxygen atoms in total. The van der Waals surface area contributed by atoms with E-state index in [1.54, 1.807) is 18.2 Å². The fraction of sp³-hybridized carbons (Fsp3) is 0.143. The maximum atomic E-state index is 12.8. The van der Waals surface area contributed by atoms with Crippen molar-refractivity contribution < 1.29 is 9.53 Å². The maximum Gasteiger partial charge on any atom is 0.332 e. The number of para-hydroxylation sites is 2.